The van der Waals surface area contributed by atoms with Crippen LogP contribution in [0.2, 0.25) is 5.02 Å². The van der Waals surface area contributed by atoms with Crippen LogP contribution in [0.1, 0.15) is 74.8 Å². The van der Waals surface area contributed by atoms with Crippen LogP contribution in [0, 0.1) is 20.8 Å². The summed E-state index contributed by atoms with van der Waals surface area (Å²) in [5.41, 5.74) is 8.12. The lowest BCUT2D eigenvalue weighted by Crippen LogP contribution is -2.44. The summed E-state index contributed by atoms with van der Waals surface area (Å²) in [5.74, 6) is 0.731. The fraction of sp³-hybridized carbons (Fsp3) is 0.467. The second kappa shape index (κ2) is 15.4. The molecule has 0 radical (unpaired) electrons. The fourth-order valence-electron chi connectivity index (χ4n) is 4.04. The van der Waals surface area contributed by atoms with Gasteiger partial charge in [0, 0.05) is 25.2 Å². The van der Waals surface area contributed by atoms with Crippen LogP contribution in [-0.2, 0) is 11.2 Å². The summed E-state index contributed by atoms with van der Waals surface area (Å²) >= 11 is 6.15. The average Bonchev–Trinajstić information content (AvgIpc) is 2.86. The molecule has 0 aromatic heterocycles. The molecule has 0 atom stereocenters. The Kier molecular flexibility index (Phi) is 13.4. The molecular formula is C30H44ClN3O. The van der Waals surface area contributed by atoms with Crippen LogP contribution >= 0.6 is 11.6 Å². The monoisotopic (exact) mass is 497 g/mol. The maximum atomic E-state index is 11.3. The van der Waals surface area contributed by atoms with Crippen LogP contribution in [-0.4, -0.2) is 42.3 Å². The number of hydrogen-bond donors (Lipinski definition) is 0. The van der Waals surface area contributed by atoms with Crippen LogP contribution in [0.3, 0.4) is 0 Å². The van der Waals surface area contributed by atoms with Crippen molar-refractivity contribution in [3.05, 3.63) is 69.8 Å². The van der Waals surface area contributed by atoms with Crippen molar-refractivity contribution < 1.29 is 4.79 Å². The number of guanidine groups is 1. The van der Waals surface area contributed by atoms with E-state index in [0.717, 1.165) is 72.1 Å². The molecule has 1 fully saturated rings. The van der Waals surface area contributed by atoms with Crippen molar-refractivity contribution in [3.8, 4) is 0 Å². The summed E-state index contributed by atoms with van der Waals surface area (Å²) in [4.78, 5) is 19.9. The van der Waals surface area contributed by atoms with Crippen molar-refractivity contribution in [1.29, 1.82) is 0 Å². The van der Waals surface area contributed by atoms with Gasteiger partial charge in [0.25, 0.3) is 0 Å². The van der Waals surface area contributed by atoms with E-state index in [1.54, 1.807) is 11.9 Å². The maximum absolute atomic E-state index is 11.3. The lowest BCUT2D eigenvalue weighted by Gasteiger charge is -2.32. The van der Waals surface area contributed by atoms with E-state index in [1.807, 2.05) is 39.8 Å². The number of amides is 1. The van der Waals surface area contributed by atoms with Gasteiger partial charge in [-0.3, -0.25) is 9.69 Å². The van der Waals surface area contributed by atoms with Crippen LogP contribution in [0.4, 0.5) is 5.69 Å². The van der Waals surface area contributed by atoms with Crippen molar-refractivity contribution >= 4 is 35.2 Å². The lowest BCUT2D eigenvalue weighted by molar-refractivity contribution is -0.114. The van der Waals surface area contributed by atoms with E-state index in [1.165, 1.54) is 23.1 Å². The first kappa shape index (κ1) is 30.4. The molecule has 0 N–H and O–H groups in total. The molecule has 0 spiro atoms. The zero-order chi connectivity index (χ0) is 26.5. The number of likely N-dealkylation sites (tertiary alicyclic amines) is 1. The van der Waals surface area contributed by atoms with E-state index >= 15 is 0 Å². The van der Waals surface area contributed by atoms with Gasteiger partial charge in [0.1, 0.15) is 0 Å². The minimum Gasteiger partial charge on any atom is -0.342 e. The molecule has 0 saturated carbocycles. The van der Waals surface area contributed by atoms with Crippen LogP contribution in [0.15, 0.2) is 41.9 Å². The Morgan fingerprint density at radius 3 is 2.23 bits per heavy atom. The Bertz CT molecular complexity index is 1010. The Labute approximate surface area is 218 Å². The largest absolute Gasteiger partial charge is 0.342 e. The third kappa shape index (κ3) is 9.18. The fourth-order valence-corrected chi connectivity index (χ4v) is 4.34. The highest BCUT2D eigenvalue weighted by Crippen LogP contribution is 2.29. The van der Waals surface area contributed by atoms with Gasteiger partial charge in [0.15, 0.2) is 0 Å². The smallest absolute Gasteiger partial charge is 0.216 e. The first-order valence-electron chi connectivity index (χ1n) is 12.7. The molecule has 0 aliphatic carbocycles. The number of piperidine rings is 1. The molecule has 1 saturated heterocycles. The van der Waals surface area contributed by atoms with Gasteiger partial charge in [-0.15, -0.1) is 0 Å². The minimum atomic E-state index is 0.731. The topological polar surface area (TPSA) is 35.9 Å². The van der Waals surface area contributed by atoms with Crippen molar-refractivity contribution in [2.24, 2.45) is 4.99 Å². The summed E-state index contributed by atoms with van der Waals surface area (Å²) in [6.45, 7) is 20.2. The number of rotatable bonds is 4. The van der Waals surface area contributed by atoms with Crippen LogP contribution in [0.5, 0.6) is 0 Å². The maximum Gasteiger partial charge on any atom is 0.216 e. The molecule has 1 aliphatic heterocycles. The number of benzene rings is 2. The molecule has 2 aromatic rings. The number of nitrogens with zero attached hydrogens (tertiary/aromatic N) is 3. The van der Waals surface area contributed by atoms with E-state index < -0.39 is 0 Å². The summed E-state index contributed by atoms with van der Waals surface area (Å²) in [5, 5.41) is 0.733. The first-order chi connectivity index (χ1) is 16.7. The average molecular weight is 498 g/mol. The van der Waals surface area contributed by atoms with Gasteiger partial charge in [0.05, 0.1) is 5.69 Å². The second-order valence-electron chi connectivity index (χ2n) is 8.86. The minimum absolute atomic E-state index is 0.731. The summed E-state index contributed by atoms with van der Waals surface area (Å²) in [6.07, 6.45) is 5.22. The van der Waals surface area contributed by atoms with Crippen LogP contribution < -0.4 is 0 Å². The molecule has 1 aliphatic rings. The van der Waals surface area contributed by atoms with Gasteiger partial charge in [0.2, 0.25) is 12.4 Å². The van der Waals surface area contributed by atoms with E-state index in [2.05, 4.69) is 50.4 Å². The molecule has 192 valence electrons. The standard InChI is InChI=1S/C17H24ClN3O.C11H14.C2H6/c1-4-14-11-15(18)10-13(2)16(14)19-17(20(3)12-22)21-8-6-5-7-9-21;1-8(2)11-7-9(3)5-6-10(11)4;1-2/h10-12H,4-9H2,1-3H3;5-7H,1H2,2-4H3;1-2H3. The molecular weight excluding hydrogens is 454 g/mol. The van der Waals surface area contributed by atoms with Crippen molar-refractivity contribution in [2.75, 3.05) is 20.1 Å². The molecule has 1 heterocycles. The van der Waals surface area contributed by atoms with Gasteiger partial charge in [-0.1, -0.05) is 68.3 Å². The molecule has 0 bridgehead atoms. The number of hydrogen-bond acceptors (Lipinski definition) is 2. The molecule has 1 amide bonds. The first-order valence-corrected chi connectivity index (χ1v) is 13.1. The Morgan fingerprint density at radius 2 is 1.71 bits per heavy atom. The van der Waals surface area contributed by atoms with Crippen LogP contribution in [0.25, 0.3) is 5.57 Å². The molecule has 35 heavy (non-hydrogen) atoms. The van der Waals surface area contributed by atoms with E-state index in [0.29, 0.717) is 0 Å². The summed E-state index contributed by atoms with van der Waals surface area (Å²) in [7, 11) is 1.76. The number of halogens is 1. The number of aryl methyl sites for hydroxylation is 4. The van der Waals surface area contributed by atoms with E-state index in [4.69, 9.17) is 16.6 Å². The SMILES string of the molecule is C=C(C)c1cc(C)ccc1C.CC.CCc1cc(Cl)cc(C)c1N=C(N(C)C=O)N1CCCCC1. The summed E-state index contributed by atoms with van der Waals surface area (Å²) in [6, 6.07) is 10.3. The van der Waals surface area contributed by atoms with E-state index in [9.17, 15) is 4.79 Å². The lowest BCUT2D eigenvalue weighted by atomic mass is 10.0. The van der Waals surface area contributed by atoms with Crippen molar-refractivity contribution in [3.63, 3.8) is 0 Å². The third-order valence-electron chi connectivity index (χ3n) is 5.90. The van der Waals surface area contributed by atoms with Gasteiger partial charge < -0.3 is 4.90 Å². The second-order valence-corrected chi connectivity index (χ2v) is 9.29. The number of carbonyl (C=O) groups is 1. The number of carbonyl (C=O) groups excluding carboxylic acids is 1. The van der Waals surface area contributed by atoms with Crippen molar-refractivity contribution in [1.82, 2.24) is 9.80 Å². The molecule has 3 rings (SSSR count). The predicted octanol–water partition coefficient (Wildman–Crippen LogP) is 8.14. The summed E-state index contributed by atoms with van der Waals surface area (Å²) < 4.78 is 0. The highest BCUT2D eigenvalue weighted by Gasteiger charge is 2.19. The molecule has 4 nitrogen and oxygen atoms in total. The Hall–Kier alpha value is -2.59. The highest BCUT2D eigenvalue weighted by molar-refractivity contribution is 6.30. The van der Waals surface area contributed by atoms with E-state index in [-0.39, 0.29) is 0 Å². The van der Waals surface area contributed by atoms with Gasteiger partial charge in [-0.05, 0) is 87.8 Å². The zero-order valence-corrected chi connectivity index (χ0v) is 23.8. The quantitative estimate of drug-likeness (QED) is 0.243. The molecule has 0 unspecified atom stereocenters. The highest BCUT2D eigenvalue weighted by atomic mass is 35.5. The molecule has 2 aromatic carbocycles. The zero-order valence-electron chi connectivity index (χ0n) is 23.0. The Balaban J connectivity index is 0.000000395. The Morgan fingerprint density at radius 1 is 1.09 bits per heavy atom. The number of allylic oxidation sites excluding steroid dienone is 1. The third-order valence-corrected chi connectivity index (χ3v) is 6.12. The predicted molar refractivity (Wildman–Crippen MR) is 154 cm³/mol. The normalized spacial score (nSPS) is 13.2. The molecule has 5 heteroatoms. The van der Waals surface area contributed by atoms with Gasteiger partial charge in [-0.2, -0.15) is 0 Å². The van der Waals surface area contributed by atoms with Crippen molar-refractivity contribution in [2.45, 2.75) is 74.1 Å². The van der Waals surface area contributed by atoms with Gasteiger partial charge >= 0.3 is 0 Å². The van der Waals surface area contributed by atoms with Gasteiger partial charge in [-0.25, -0.2) is 4.99 Å². The number of aliphatic imine (C=N–C) groups is 1.